The Bertz CT molecular complexity index is 396. The van der Waals surface area contributed by atoms with E-state index in [2.05, 4.69) is 6.58 Å². The minimum atomic E-state index is -1.01. The second-order valence-corrected chi connectivity index (χ2v) is 4.47. The van der Waals surface area contributed by atoms with Gasteiger partial charge in [-0.15, -0.1) is 0 Å². The van der Waals surface area contributed by atoms with Crippen LogP contribution in [0.5, 0.6) is 0 Å². The standard InChI is InChI=1S/C15H21NO2/c1-4-14(13-10-8-7-9-11-13)16(5-2,6-3)12-15(17)18/h4,7-11,14H,1,5-6,12H2,2-3H3. The van der Waals surface area contributed by atoms with Crippen molar-refractivity contribution >= 4 is 5.97 Å². The normalized spacial score (nSPS) is 13.0. The summed E-state index contributed by atoms with van der Waals surface area (Å²) in [5.74, 6) is -1.01. The molecule has 0 aliphatic carbocycles. The van der Waals surface area contributed by atoms with Gasteiger partial charge in [0.05, 0.1) is 19.1 Å². The van der Waals surface area contributed by atoms with E-state index in [0.29, 0.717) is 4.48 Å². The summed E-state index contributed by atoms with van der Waals surface area (Å²) in [6, 6.07) is 9.89. The first-order valence-corrected chi connectivity index (χ1v) is 6.32. The summed E-state index contributed by atoms with van der Waals surface area (Å²) >= 11 is 0. The monoisotopic (exact) mass is 247 g/mol. The van der Waals surface area contributed by atoms with E-state index in [-0.39, 0.29) is 12.6 Å². The van der Waals surface area contributed by atoms with Gasteiger partial charge in [0.15, 0.2) is 0 Å². The molecule has 0 saturated carbocycles. The van der Waals surface area contributed by atoms with Crippen molar-refractivity contribution in [3.05, 3.63) is 48.6 Å². The molecule has 3 nitrogen and oxygen atoms in total. The summed E-state index contributed by atoms with van der Waals surface area (Å²) in [5, 5.41) is 11.0. The maximum Gasteiger partial charge on any atom is 0.133 e. The Hall–Kier alpha value is -1.61. The Labute approximate surface area is 109 Å². The van der Waals surface area contributed by atoms with Gasteiger partial charge in [0.1, 0.15) is 12.6 Å². The first-order chi connectivity index (χ1) is 8.59. The van der Waals surface area contributed by atoms with Crippen LogP contribution < -0.4 is 5.11 Å². The largest absolute Gasteiger partial charge is 0.544 e. The molecule has 1 atom stereocenters. The van der Waals surface area contributed by atoms with E-state index in [1.807, 2.05) is 50.3 Å². The van der Waals surface area contributed by atoms with Crippen LogP contribution in [0.3, 0.4) is 0 Å². The lowest BCUT2D eigenvalue weighted by atomic mass is 10.0. The van der Waals surface area contributed by atoms with Gasteiger partial charge >= 0.3 is 0 Å². The van der Waals surface area contributed by atoms with Gasteiger partial charge in [-0.2, -0.15) is 0 Å². The van der Waals surface area contributed by atoms with Crippen molar-refractivity contribution in [2.24, 2.45) is 0 Å². The van der Waals surface area contributed by atoms with E-state index in [4.69, 9.17) is 0 Å². The molecule has 0 aliphatic rings. The van der Waals surface area contributed by atoms with Crippen LogP contribution in [0.1, 0.15) is 25.5 Å². The van der Waals surface area contributed by atoms with Crippen molar-refractivity contribution in [2.75, 3.05) is 19.6 Å². The van der Waals surface area contributed by atoms with Crippen LogP contribution in [-0.2, 0) is 4.79 Å². The second kappa shape index (κ2) is 6.36. The Morgan fingerprint density at radius 2 is 1.89 bits per heavy atom. The number of carboxylic acid groups (broad SMARTS) is 1. The number of hydrogen-bond acceptors (Lipinski definition) is 2. The van der Waals surface area contributed by atoms with Crippen molar-refractivity contribution in [2.45, 2.75) is 19.9 Å². The molecular formula is C15H21NO2. The van der Waals surface area contributed by atoms with Crippen molar-refractivity contribution < 1.29 is 14.4 Å². The number of likely N-dealkylation sites (N-methyl/N-ethyl adjacent to an activating group) is 1. The second-order valence-electron chi connectivity index (χ2n) is 4.47. The summed E-state index contributed by atoms with van der Waals surface area (Å²) in [6.45, 7) is 9.37. The SMILES string of the molecule is C=CC(c1ccccc1)[N+](CC)(CC)CC(=O)[O-]. The summed E-state index contributed by atoms with van der Waals surface area (Å²) in [5.41, 5.74) is 1.09. The lowest BCUT2D eigenvalue weighted by Crippen LogP contribution is -2.55. The van der Waals surface area contributed by atoms with Gasteiger partial charge in [0, 0.05) is 5.56 Å². The predicted octanol–water partition coefficient (Wildman–Crippen LogP) is 1.52. The van der Waals surface area contributed by atoms with Crippen LogP contribution in [0.25, 0.3) is 0 Å². The van der Waals surface area contributed by atoms with E-state index in [1.165, 1.54) is 0 Å². The van der Waals surface area contributed by atoms with Crippen LogP contribution in [0.2, 0.25) is 0 Å². The molecule has 0 aliphatic heterocycles. The van der Waals surface area contributed by atoms with Crippen LogP contribution in [-0.4, -0.2) is 30.1 Å². The molecule has 1 aromatic carbocycles. The highest BCUT2D eigenvalue weighted by Crippen LogP contribution is 2.29. The maximum atomic E-state index is 11.0. The summed E-state index contributed by atoms with van der Waals surface area (Å²) < 4.78 is 0.440. The lowest BCUT2D eigenvalue weighted by molar-refractivity contribution is -0.942. The quantitative estimate of drug-likeness (QED) is 0.541. The summed E-state index contributed by atoms with van der Waals surface area (Å²) in [7, 11) is 0. The number of hydrogen-bond donors (Lipinski definition) is 0. The van der Waals surface area contributed by atoms with E-state index in [0.717, 1.165) is 18.7 Å². The molecule has 0 radical (unpaired) electrons. The highest BCUT2D eigenvalue weighted by molar-refractivity contribution is 5.65. The molecule has 0 fully saturated rings. The summed E-state index contributed by atoms with van der Waals surface area (Å²) in [4.78, 5) is 11.0. The first-order valence-electron chi connectivity index (χ1n) is 6.32. The van der Waals surface area contributed by atoms with Gasteiger partial charge < -0.3 is 14.4 Å². The molecule has 0 amide bonds. The number of quaternary nitrogens is 1. The van der Waals surface area contributed by atoms with Crippen molar-refractivity contribution in [3.8, 4) is 0 Å². The average Bonchev–Trinajstić information content (AvgIpc) is 2.39. The number of benzene rings is 1. The van der Waals surface area contributed by atoms with Crippen molar-refractivity contribution in [1.29, 1.82) is 0 Å². The molecule has 1 rings (SSSR count). The van der Waals surface area contributed by atoms with Gasteiger partial charge in [-0.1, -0.05) is 36.9 Å². The zero-order valence-electron chi connectivity index (χ0n) is 11.1. The number of carboxylic acids is 1. The smallest absolute Gasteiger partial charge is 0.133 e. The van der Waals surface area contributed by atoms with Gasteiger partial charge in [0.25, 0.3) is 0 Å². The van der Waals surface area contributed by atoms with Crippen LogP contribution >= 0.6 is 0 Å². The van der Waals surface area contributed by atoms with Crippen LogP contribution in [0.15, 0.2) is 43.0 Å². The molecule has 0 bridgehead atoms. The van der Waals surface area contributed by atoms with E-state index in [1.54, 1.807) is 0 Å². The third kappa shape index (κ3) is 2.99. The zero-order chi connectivity index (χ0) is 13.6. The lowest BCUT2D eigenvalue weighted by Gasteiger charge is -2.42. The number of carbonyl (C=O) groups is 1. The molecule has 0 aromatic heterocycles. The fourth-order valence-electron chi connectivity index (χ4n) is 2.52. The summed E-state index contributed by atoms with van der Waals surface area (Å²) in [6.07, 6.45) is 1.84. The number of rotatable bonds is 7. The number of nitrogens with zero attached hydrogens (tertiary/aromatic N) is 1. The number of carbonyl (C=O) groups excluding carboxylic acids is 1. The third-order valence-electron chi connectivity index (χ3n) is 3.66. The Morgan fingerprint density at radius 1 is 1.33 bits per heavy atom. The van der Waals surface area contributed by atoms with E-state index >= 15 is 0 Å². The van der Waals surface area contributed by atoms with Gasteiger partial charge in [0.2, 0.25) is 0 Å². The minimum absolute atomic E-state index is 0.0125. The molecule has 0 saturated heterocycles. The first kappa shape index (κ1) is 14.5. The molecular weight excluding hydrogens is 226 g/mol. The fourth-order valence-corrected chi connectivity index (χ4v) is 2.52. The highest BCUT2D eigenvalue weighted by atomic mass is 16.4. The van der Waals surface area contributed by atoms with Gasteiger partial charge in [-0.05, 0) is 19.9 Å². The van der Waals surface area contributed by atoms with Crippen LogP contribution in [0, 0.1) is 0 Å². The van der Waals surface area contributed by atoms with E-state index < -0.39 is 5.97 Å². The molecule has 0 N–H and O–H groups in total. The topological polar surface area (TPSA) is 40.1 Å². The predicted molar refractivity (Wildman–Crippen MR) is 70.6 cm³/mol. The number of aliphatic carboxylic acids is 1. The molecule has 1 aromatic rings. The van der Waals surface area contributed by atoms with Gasteiger partial charge in [-0.3, -0.25) is 0 Å². The average molecular weight is 247 g/mol. The van der Waals surface area contributed by atoms with Gasteiger partial charge in [-0.25, -0.2) is 0 Å². The Balaban J connectivity index is 3.16. The molecule has 1 unspecified atom stereocenters. The Kier molecular flexibility index (Phi) is 5.10. The van der Waals surface area contributed by atoms with Crippen molar-refractivity contribution in [1.82, 2.24) is 0 Å². The maximum absolute atomic E-state index is 11.0. The molecule has 18 heavy (non-hydrogen) atoms. The van der Waals surface area contributed by atoms with Crippen LogP contribution in [0.4, 0.5) is 0 Å². The molecule has 0 heterocycles. The molecule has 3 heteroatoms. The highest BCUT2D eigenvalue weighted by Gasteiger charge is 2.33. The minimum Gasteiger partial charge on any atom is -0.544 e. The Morgan fingerprint density at radius 3 is 2.28 bits per heavy atom. The van der Waals surface area contributed by atoms with Crippen molar-refractivity contribution in [3.63, 3.8) is 0 Å². The van der Waals surface area contributed by atoms with E-state index in [9.17, 15) is 9.90 Å². The zero-order valence-corrected chi connectivity index (χ0v) is 11.1. The molecule has 98 valence electrons. The fraction of sp³-hybridized carbons (Fsp3) is 0.400. The third-order valence-corrected chi connectivity index (χ3v) is 3.66. The molecule has 0 spiro atoms.